The molecule has 1 fully saturated rings. The van der Waals surface area contributed by atoms with Gasteiger partial charge in [-0.2, -0.15) is 0 Å². The smallest absolute Gasteiger partial charge is 0.192 e. The van der Waals surface area contributed by atoms with Crippen molar-refractivity contribution >= 4 is 8.32 Å². The first kappa shape index (κ1) is 15.3. The van der Waals surface area contributed by atoms with Crippen LogP contribution in [-0.2, 0) is 4.43 Å². The van der Waals surface area contributed by atoms with Gasteiger partial charge in [0.05, 0.1) is 0 Å². The van der Waals surface area contributed by atoms with Crippen LogP contribution in [0.25, 0.3) is 0 Å². The summed E-state index contributed by atoms with van der Waals surface area (Å²) in [6.45, 7) is 16.6. The van der Waals surface area contributed by atoms with E-state index in [-0.39, 0.29) is 0 Å². The first-order valence-corrected chi connectivity index (χ1v) is 10.8. The van der Waals surface area contributed by atoms with Crippen LogP contribution in [0, 0.1) is 11.3 Å². The molecule has 0 bridgehead atoms. The summed E-state index contributed by atoms with van der Waals surface area (Å²) in [7, 11) is -1.62. The number of hydrogen-bond acceptors (Lipinski definition) is 1. The van der Waals surface area contributed by atoms with E-state index in [0.29, 0.717) is 16.6 Å². The molecule has 0 radical (unpaired) electrons. The molecular formula is C17H32OSi. The standard InChI is InChI=1S/C17H32OSi/c1-13-9-8-10-14-15(11-12-17(13,14)5)18-19(6,7)16(2,3)4/h9,14-15H,8,10-12H2,1-7H3. The molecular weight excluding hydrogens is 248 g/mol. The first-order chi connectivity index (χ1) is 8.58. The second-order valence-electron chi connectivity index (χ2n) is 8.44. The average Bonchev–Trinajstić information content (AvgIpc) is 2.57. The predicted octanol–water partition coefficient (Wildman–Crippen LogP) is 5.53. The quantitative estimate of drug-likeness (QED) is 0.477. The van der Waals surface area contributed by atoms with E-state index in [0.717, 1.165) is 5.92 Å². The topological polar surface area (TPSA) is 9.23 Å². The normalized spacial score (nSPS) is 36.1. The SMILES string of the molecule is CC1=CCCC2C(O[Si](C)(C)C(C)(C)C)CCC12C. The van der Waals surface area contributed by atoms with Gasteiger partial charge in [0, 0.05) is 6.10 Å². The summed E-state index contributed by atoms with van der Waals surface area (Å²) in [5, 5.41) is 0.325. The molecule has 0 aromatic rings. The van der Waals surface area contributed by atoms with Gasteiger partial charge in [0.2, 0.25) is 0 Å². The average molecular weight is 281 g/mol. The molecule has 0 saturated heterocycles. The summed E-state index contributed by atoms with van der Waals surface area (Å²) < 4.78 is 6.76. The maximum Gasteiger partial charge on any atom is 0.192 e. The molecule has 0 N–H and O–H groups in total. The molecule has 0 aromatic heterocycles. The Hall–Kier alpha value is -0.0831. The van der Waals surface area contributed by atoms with Crippen molar-refractivity contribution in [2.45, 2.75) is 84.5 Å². The number of fused-ring (bicyclic) bond motifs is 1. The zero-order valence-corrected chi connectivity index (χ0v) is 15.0. The Morgan fingerprint density at radius 2 is 1.89 bits per heavy atom. The van der Waals surface area contributed by atoms with Gasteiger partial charge in [-0.25, -0.2) is 0 Å². The summed E-state index contributed by atoms with van der Waals surface area (Å²) in [5.41, 5.74) is 2.04. The van der Waals surface area contributed by atoms with Crippen molar-refractivity contribution in [3.05, 3.63) is 11.6 Å². The zero-order chi connectivity index (χ0) is 14.5. The van der Waals surface area contributed by atoms with Crippen molar-refractivity contribution in [1.29, 1.82) is 0 Å². The molecule has 19 heavy (non-hydrogen) atoms. The lowest BCUT2D eigenvalue weighted by Crippen LogP contribution is -2.46. The van der Waals surface area contributed by atoms with Crippen LogP contribution < -0.4 is 0 Å². The van der Waals surface area contributed by atoms with E-state index >= 15 is 0 Å². The van der Waals surface area contributed by atoms with Crippen molar-refractivity contribution in [3.8, 4) is 0 Å². The van der Waals surface area contributed by atoms with Crippen molar-refractivity contribution < 1.29 is 4.43 Å². The van der Waals surface area contributed by atoms with Gasteiger partial charge in [0.25, 0.3) is 0 Å². The van der Waals surface area contributed by atoms with Crippen LogP contribution in [0.4, 0.5) is 0 Å². The van der Waals surface area contributed by atoms with Gasteiger partial charge in [-0.15, -0.1) is 0 Å². The molecule has 1 saturated carbocycles. The second-order valence-corrected chi connectivity index (χ2v) is 13.2. The van der Waals surface area contributed by atoms with Crippen LogP contribution in [0.2, 0.25) is 18.1 Å². The highest BCUT2D eigenvalue weighted by Gasteiger charge is 2.50. The van der Waals surface area contributed by atoms with E-state index in [4.69, 9.17) is 4.43 Å². The molecule has 2 aliphatic rings. The highest BCUT2D eigenvalue weighted by atomic mass is 28.4. The van der Waals surface area contributed by atoms with E-state index in [1.807, 2.05) is 0 Å². The van der Waals surface area contributed by atoms with Crippen LogP contribution in [0.1, 0.15) is 60.3 Å². The summed E-state index contributed by atoms with van der Waals surface area (Å²) in [6, 6.07) is 0. The largest absolute Gasteiger partial charge is 0.414 e. The molecule has 3 unspecified atom stereocenters. The number of rotatable bonds is 2. The molecule has 1 nitrogen and oxygen atoms in total. The summed E-state index contributed by atoms with van der Waals surface area (Å²) in [6.07, 6.45) is 8.13. The fourth-order valence-corrected chi connectivity index (χ4v) is 5.03. The maximum atomic E-state index is 6.76. The molecule has 0 heterocycles. The third-order valence-electron chi connectivity index (χ3n) is 6.30. The van der Waals surface area contributed by atoms with Crippen molar-refractivity contribution in [2.75, 3.05) is 0 Å². The predicted molar refractivity (Wildman–Crippen MR) is 85.9 cm³/mol. The highest BCUT2D eigenvalue weighted by molar-refractivity contribution is 6.74. The molecule has 2 rings (SSSR count). The van der Waals surface area contributed by atoms with Gasteiger partial charge in [-0.1, -0.05) is 39.3 Å². The second kappa shape index (κ2) is 4.73. The van der Waals surface area contributed by atoms with Crippen LogP contribution in [0.5, 0.6) is 0 Å². The molecule has 0 amide bonds. The Balaban J connectivity index is 2.15. The highest BCUT2D eigenvalue weighted by Crippen LogP contribution is 2.55. The zero-order valence-electron chi connectivity index (χ0n) is 14.0. The lowest BCUT2D eigenvalue weighted by molar-refractivity contribution is 0.0968. The van der Waals surface area contributed by atoms with Gasteiger partial charge in [-0.05, 0) is 62.1 Å². The van der Waals surface area contributed by atoms with Gasteiger partial charge >= 0.3 is 0 Å². The fraction of sp³-hybridized carbons (Fsp3) is 0.882. The van der Waals surface area contributed by atoms with Crippen molar-refractivity contribution in [3.63, 3.8) is 0 Å². The third-order valence-corrected chi connectivity index (χ3v) is 10.8. The lowest BCUT2D eigenvalue weighted by Gasteiger charge is -2.43. The first-order valence-electron chi connectivity index (χ1n) is 7.93. The van der Waals surface area contributed by atoms with Crippen LogP contribution in [0.15, 0.2) is 11.6 Å². The van der Waals surface area contributed by atoms with Crippen LogP contribution >= 0.6 is 0 Å². The summed E-state index contributed by atoms with van der Waals surface area (Å²) >= 11 is 0. The van der Waals surface area contributed by atoms with Crippen LogP contribution in [0.3, 0.4) is 0 Å². The van der Waals surface area contributed by atoms with E-state index in [1.165, 1.54) is 25.7 Å². The minimum atomic E-state index is -1.62. The van der Waals surface area contributed by atoms with Crippen LogP contribution in [-0.4, -0.2) is 14.4 Å². The Labute approximate surface area is 120 Å². The molecule has 110 valence electrons. The minimum absolute atomic E-state index is 0.325. The van der Waals surface area contributed by atoms with Gasteiger partial charge in [-0.3, -0.25) is 0 Å². The maximum absolute atomic E-state index is 6.76. The van der Waals surface area contributed by atoms with Gasteiger partial charge < -0.3 is 4.43 Å². The monoisotopic (exact) mass is 280 g/mol. The Morgan fingerprint density at radius 1 is 1.26 bits per heavy atom. The molecule has 2 aliphatic carbocycles. The van der Waals surface area contributed by atoms with E-state index in [2.05, 4.69) is 53.8 Å². The Kier molecular flexibility index (Phi) is 3.81. The molecule has 0 aromatic carbocycles. The van der Waals surface area contributed by atoms with Gasteiger partial charge in [0.15, 0.2) is 8.32 Å². The molecule has 3 atom stereocenters. The fourth-order valence-electron chi connectivity index (χ4n) is 3.64. The minimum Gasteiger partial charge on any atom is -0.414 e. The third kappa shape index (κ3) is 2.58. The van der Waals surface area contributed by atoms with E-state index in [9.17, 15) is 0 Å². The Morgan fingerprint density at radius 3 is 2.47 bits per heavy atom. The van der Waals surface area contributed by atoms with E-state index < -0.39 is 8.32 Å². The lowest BCUT2D eigenvalue weighted by atomic mass is 9.68. The molecule has 0 spiro atoms. The molecule has 2 heteroatoms. The summed E-state index contributed by atoms with van der Waals surface area (Å²) in [4.78, 5) is 0. The Bertz CT molecular complexity index is 377. The molecule has 0 aliphatic heterocycles. The van der Waals surface area contributed by atoms with Gasteiger partial charge in [0.1, 0.15) is 0 Å². The number of allylic oxidation sites excluding steroid dienone is 2. The van der Waals surface area contributed by atoms with Crippen molar-refractivity contribution in [1.82, 2.24) is 0 Å². The van der Waals surface area contributed by atoms with E-state index in [1.54, 1.807) is 5.57 Å². The van der Waals surface area contributed by atoms with Crippen molar-refractivity contribution in [2.24, 2.45) is 11.3 Å². The summed E-state index contributed by atoms with van der Waals surface area (Å²) in [5.74, 6) is 0.756. The number of hydrogen-bond donors (Lipinski definition) is 0.